The predicted octanol–water partition coefficient (Wildman–Crippen LogP) is 8.19. The Labute approximate surface area is 197 Å². The van der Waals surface area contributed by atoms with Crippen LogP contribution in [-0.2, 0) is 0 Å². The van der Waals surface area contributed by atoms with Crippen molar-refractivity contribution in [2.75, 3.05) is 5.32 Å². The van der Waals surface area contributed by atoms with Crippen LogP contribution in [-0.4, -0.2) is 18.1 Å². The molecule has 1 aromatic carbocycles. The molecule has 1 aromatic rings. The van der Waals surface area contributed by atoms with Crippen molar-refractivity contribution in [2.45, 2.75) is 140 Å². The van der Waals surface area contributed by atoms with E-state index in [0.29, 0.717) is 6.04 Å². The van der Waals surface area contributed by atoms with Gasteiger partial charge in [0.1, 0.15) is 0 Å². The first-order valence-electron chi connectivity index (χ1n) is 14.5. The van der Waals surface area contributed by atoms with E-state index in [1.165, 1.54) is 121 Å². The van der Waals surface area contributed by atoms with Crippen molar-refractivity contribution in [3.05, 3.63) is 29.8 Å². The number of hydrogen-bond acceptors (Lipinski definition) is 2. The minimum atomic E-state index is 0.663. The lowest BCUT2D eigenvalue weighted by atomic mass is 9.72. The van der Waals surface area contributed by atoms with E-state index in [2.05, 4.69) is 34.9 Å². The highest BCUT2D eigenvalue weighted by Gasteiger charge is 2.30. The molecule has 0 aliphatic heterocycles. The van der Waals surface area contributed by atoms with Crippen molar-refractivity contribution in [3.63, 3.8) is 0 Å². The molecule has 2 N–H and O–H groups in total. The van der Waals surface area contributed by atoms with Gasteiger partial charge in [0.05, 0.1) is 0 Å². The zero-order valence-corrected chi connectivity index (χ0v) is 20.5. The van der Waals surface area contributed by atoms with E-state index in [1.807, 2.05) is 0 Å². The average Bonchev–Trinajstić information content (AvgIpc) is 2.87. The van der Waals surface area contributed by atoms with E-state index in [4.69, 9.17) is 0 Å². The van der Waals surface area contributed by atoms with E-state index in [0.717, 1.165) is 29.8 Å². The third-order valence-corrected chi connectivity index (χ3v) is 9.64. The van der Waals surface area contributed by atoms with E-state index in [-0.39, 0.29) is 0 Å². The lowest BCUT2D eigenvalue weighted by Crippen LogP contribution is -2.44. The maximum Gasteiger partial charge on any atom is 0.0342 e. The van der Waals surface area contributed by atoms with Gasteiger partial charge in [-0.1, -0.05) is 63.5 Å². The van der Waals surface area contributed by atoms with Gasteiger partial charge < -0.3 is 10.6 Å². The Balaban J connectivity index is 1.00. The first-order chi connectivity index (χ1) is 15.8. The molecule has 0 bridgehead atoms. The number of hydrogen-bond donors (Lipinski definition) is 2. The zero-order chi connectivity index (χ0) is 21.6. The largest absolute Gasteiger partial charge is 0.382 e. The third kappa shape index (κ3) is 6.10. The molecule has 5 rings (SSSR count). The summed E-state index contributed by atoms with van der Waals surface area (Å²) in [5.74, 6) is 2.94. The molecule has 0 saturated heterocycles. The van der Waals surface area contributed by atoms with E-state index in [9.17, 15) is 0 Å². The first kappa shape index (κ1) is 22.8. The Bertz CT molecular complexity index is 655. The van der Waals surface area contributed by atoms with Crippen LogP contribution in [0.25, 0.3) is 0 Å². The average molecular weight is 437 g/mol. The molecule has 32 heavy (non-hydrogen) atoms. The summed E-state index contributed by atoms with van der Waals surface area (Å²) in [6.45, 7) is 0. The van der Waals surface area contributed by atoms with Crippen LogP contribution in [0.4, 0.5) is 5.69 Å². The summed E-state index contributed by atoms with van der Waals surface area (Å²) < 4.78 is 0. The van der Waals surface area contributed by atoms with E-state index >= 15 is 0 Å². The quantitative estimate of drug-likeness (QED) is 0.469. The maximum atomic E-state index is 4.08. The van der Waals surface area contributed by atoms with Crippen molar-refractivity contribution < 1.29 is 0 Å². The number of nitrogens with one attached hydrogen (secondary N) is 2. The van der Waals surface area contributed by atoms with Crippen LogP contribution in [0.15, 0.2) is 24.3 Å². The molecular weight excluding hydrogens is 388 g/mol. The van der Waals surface area contributed by atoms with Crippen molar-refractivity contribution in [1.29, 1.82) is 0 Å². The van der Waals surface area contributed by atoms with Crippen LogP contribution in [0.3, 0.4) is 0 Å². The molecule has 0 unspecified atom stereocenters. The SMILES string of the molecule is c1cc(C2CCCCC2)ccc1NC1CCC(NC2CCC(C3CCCCC3)CC2)CC1. The summed E-state index contributed by atoms with van der Waals surface area (Å²) in [6, 6.07) is 11.7. The van der Waals surface area contributed by atoms with Gasteiger partial charge in [-0.3, -0.25) is 0 Å². The fourth-order valence-corrected chi connectivity index (χ4v) is 7.62. The third-order valence-electron chi connectivity index (χ3n) is 9.64. The molecule has 2 heteroatoms. The van der Waals surface area contributed by atoms with Gasteiger partial charge in [-0.05, 0) is 99.7 Å². The topological polar surface area (TPSA) is 24.1 Å². The van der Waals surface area contributed by atoms with Crippen molar-refractivity contribution in [3.8, 4) is 0 Å². The predicted molar refractivity (Wildman–Crippen MR) is 137 cm³/mol. The highest BCUT2D eigenvalue weighted by molar-refractivity contribution is 5.46. The maximum absolute atomic E-state index is 4.08. The first-order valence-corrected chi connectivity index (χ1v) is 14.5. The Morgan fingerprint density at radius 3 is 1.59 bits per heavy atom. The second-order valence-corrected chi connectivity index (χ2v) is 11.8. The summed E-state index contributed by atoms with van der Waals surface area (Å²) in [6.07, 6.45) is 25.8. The minimum Gasteiger partial charge on any atom is -0.382 e. The smallest absolute Gasteiger partial charge is 0.0342 e. The van der Waals surface area contributed by atoms with Crippen LogP contribution in [0.2, 0.25) is 0 Å². The Morgan fingerprint density at radius 2 is 0.969 bits per heavy atom. The molecule has 0 aromatic heterocycles. The molecule has 0 radical (unpaired) electrons. The fourth-order valence-electron chi connectivity index (χ4n) is 7.62. The molecule has 4 aliphatic rings. The second kappa shape index (κ2) is 11.4. The monoisotopic (exact) mass is 436 g/mol. The van der Waals surface area contributed by atoms with Gasteiger partial charge in [-0.2, -0.15) is 0 Å². The fraction of sp³-hybridized carbons (Fsp3) is 0.800. The van der Waals surface area contributed by atoms with E-state index < -0.39 is 0 Å². The Morgan fingerprint density at radius 1 is 0.469 bits per heavy atom. The van der Waals surface area contributed by atoms with Crippen LogP contribution in [0.1, 0.15) is 127 Å². The molecular formula is C30H48N2. The van der Waals surface area contributed by atoms with Gasteiger partial charge in [0, 0.05) is 23.8 Å². The number of rotatable bonds is 6. The Kier molecular flexibility index (Phi) is 8.11. The molecule has 0 amide bonds. The van der Waals surface area contributed by atoms with Gasteiger partial charge in [0.15, 0.2) is 0 Å². The highest BCUT2D eigenvalue weighted by atomic mass is 15.0. The molecule has 4 fully saturated rings. The van der Waals surface area contributed by atoms with Crippen LogP contribution in [0, 0.1) is 11.8 Å². The summed E-state index contributed by atoms with van der Waals surface area (Å²) in [4.78, 5) is 0. The molecule has 4 saturated carbocycles. The van der Waals surface area contributed by atoms with Crippen LogP contribution < -0.4 is 10.6 Å². The molecule has 4 aliphatic carbocycles. The van der Waals surface area contributed by atoms with Crippen molar-refractivity contribution >= 4 is 5.69 Å². The summed E-state index contributed by atoms with van der Waals surface area (Å²) in [5.41, 5.74) is 2.91. The second-order valence-electron chi connectivity index (χ2n) is 11.8. The van der Waals surface area contributed by atoms with Crippen molar-refractivity contribution in [1.82, 2.24) is 5.32 Å². The summed E-state index contributed by atoms with van der Waals surface area (Å²) in [5, 5.41) is 7.93. The van der Waals surface area contributed by atoms with Gasteiger partial charge in [-0.15, -0.1) is 0 Å². The Hall–Kier alpha value is -1.02. The standard InChI is InChI=1S/C30H48N2/c1-3-7-23(8-4-1)25-11-15-27(16-12-25)31-29-19-21-30(22-20-29)32-28-17-13-26(14-18-28)24-9-5-2-6-10-24/h11-12,15-16,23-24,26,28-32H,1-10,13-14,17-22H2. The molecule has 0 spiro atoms. The van der Waals surface area contributed by atoms with Gasteiger partial charge >= 0.3 is 0 Å². The van der Waals surface area contributed by atoms with Crippen LogP contribution >= 0.6 is 0 Å². The molecule has 0 atom stereocenters. The van der Waals surface area contributed by atoms with Gasteiger partial charge in [-0.25, -0.2) is 0 Å². The summed E-state index contributed by atoms with van der Waals surface area (Å²) in [7, 11) is 0. The molecule has 2 nitrogen and oxygen atoms in total. The normalized spacial score (nSPS) is 33.1. The molecule has 0 heterocycles. The van der Waals surface area contributed by atoms with Crippen molar-refractivity contribution in [2.24, 2.45) is 11.8 Å². The summed E-state index contributed by atoms with van der Waals surface area (Å²) >= 11 is 0. The van der Waals surface area contributed by atoms with Gasteiger partial charge in [0.2, 0.25) is 0 Å². The lowest BCUT2D eigenvalue weighted by Gasteiger charge is -2.38. The van der Waals surface area contributed by atoms with E-state index in [1.54, 1.807) is 5.56 Å². The number of anilines is 1. The molecule has 178 valence electrons. The number of benzene rings is 1. The zero-order valence-electron chi connectivity index (χ0n) is 20.5. The highest BCUT2D eigenvalue weighted by Crippen LogP contribution is 2.39. The lowest BCUT2D eigenvalue weighted by molar-refractivity contribution is 0.168. The van der Waals surface area contributed by atoms with Gasteiger partial charge in [0.25, 0.3) is 0 Å². The minimum absolute atomic E-state index is 0.663. The van der Waals surface area contributed by atoms with Crippen LogP contribution in [0.5, 0.6) is 0 Å².